The van der Waals surface area contributed by atoms with Crippen LogP contribution in [0.2, 0.25) is 0 Å². The van der Waals surface area contributed by atoms with Crippen molar-refractivity contribution in [3.63, 3.8) is 0 Å². The molecule has 0 amide bonds. The molecule has 0 aliphatic heterocycles. The van der Waals surface area contributed by atoms with Crippen LogP contribution in [0.15, 0.2) is 54.7 Å². The number of hydrogen-bond donors (Lipinski definition) is 1. The highest BCUT2D eigenvalue weighted by Gasteiger charge is 2.07. The van der Waals surface area contributed by atoms with E-state index in [-0.39, 0.29) is 5.82 Å². The van der Waals surface area contributed by atoms with Crippen LogP contribution in [0.25, 0.3) is 22.0 Å². The molecule has 1 aromatic heterocycles. The van der Waals surface area contributed by atoms with Crippen molar-refractivity contribution in [3.05, 3.63) is 66.1 Å². The third-order valence-corrected chi connectivity index (χ3v) is 3.55. The Balaban J connectivity index is 2.08. The Morgan fingerprint density at radius 1 is 1.10 bits per heavy atom. The Morgan fingerprint density at radius 2 is 2.00 bits per heavy atom. The summed E-state index contributed by atoms with van der Waals surface area (Å²) in [6.45, 7) is 3.55. The van der Waals surface area contributed by atoms with Crippen LogP contribution in [0.4, 0.5) is 4.39 Å². The Hall–Kier alpha value is -2.26. The van der Waals surface area contributed by atoms with Gasteiger partial charge >= 0.3 is 0 Å². The molecule has 0 unspecified atom stereocenters. The van der Waals surface area contributed by atoms with Crippen LogP contribution in [0.5, 0.6) is 0 Å². The topological polar surface area (TPSA) is 24.9 Å². The van der Waals surface area contributed by atoms with E-state index in [2.05, 4.69) is 28.5 Å². The molecule has 3 aromatic rings. The number of fused-ring (bicyclic) bond motifs is 1. The molecule has 2 nitrogen and oxygen atoms in total. The minimum absolute atomic E-state index is 0.203. The molecule has 0 spiro atoms. The quantitative estimate of drug-likeness (QED) is 0.776. The van der Waals surface area contributed by atoms with Gasteiger partial charge in [0.15, 0.2) is 0 Å². The Morgan fingerprint density at radius 3 is 2.86 bits per heavy atom. The fraction of sp³-hybridized carbons (Fsp3) is 0.167. The van der Waals surface area contributed by atoms with E-state index in [1.165, 1.54) is 6.07 Å². The molecule has 0 fully saturated rings. The largest absolute Gasteiger partial charge is 0.313 e. The summed E-state index contributed by atoms with van der Waals surface area (Å²) in [5.41, 5.74) is 4.03. The zero-order valence-corrected chi connectivity index (χ0v) is 11.9. The standard InChI is InChI=1S/C18H17FN2/c1-2-20-12-15-10-16(19)7-8-17(15)14-6-5-13-4-3-9-21-18(13)11-14/h3-11,20H,2,12H2,1H3. The molecule has 21 heavy (non-hydrogen) atoms. The molecule has 0 aliphatic rings. The first-order valence-electron chi connectivity index (χ1n) is 7.12. The Bertz CT molecular complexity index is 768. The number of nitrogens with one attached hydrogen (secondary N) is 1. The van der Waals surface area contributed by atoms with E-state index < -0.39 is 0 Å². The third kappa shape index (κ3) is 2.93. The van der Waals surface area contributed by atoms with E-state index >= 15 is 0 Å². The lowest BCUT2D eigenvalue weighted by molar-refractivity contribution is 0.622. The number of pyridine rings is 1. The number of hydrogen-bond acceptors (Lipinski definition) is 2. The molecule has 0 atom stereocenters. The predicted octanol–water partition coefficient (Wildman–Crippen LogP) is 4.15. The van der Waals surface area contributed by atoms with Crippen LogP contribution in [0.1, 0.15) is 12.5 Å². The summed E-state index contributed by atoms with van der Waals surface area (Å²) in [4.78, 5) is 4.39. The summed E-state index contributed by atoms with van der Waals surface area (Å²) in [5, 5.41) is 4.36. The van der Waals surface area contributed by atoms with Gasteiger partial charge in [0.25, 0.3) is 0 Å². The average Bonchev–Trinajstić information content (AvgIpc) is 2.52. The van der Waals surface area contributed by atoms with E-state index in [4.69, 9.17) is 0 Å². The maximum Gasteiger partial charge on any atom is 0.123 e. The molecule has 3 heteroatoms. The molecule has 0 aliphatic carbocycles. The van der Waals surface area contributed by atoms with E-state index in [1.54, 1.807) is 12.3 Å². The van der Waals surface area contributed by atoms with Gasteiger partial charge < -0.3 is 5.32 Å². The Kier molecular flexibility index (Phi) is 3.93. The molecule has 0 saturated carbocycles. The first kappa shape index (κ1) is 13.7. The Labute approximate surface area is 123 Å². The number of aromatic nitrogens is 1. The van der Waals surface area contributed by atoms with Crippen LogP contribution < -0.4 is 5.32 Å². The van der Waals surface area contributed by atoms with Crippen molar-refractivity contribution in [3.8, 4) is 11.1 Å². The van der Waals surface area contributed by atoms with Crippen molar-refractivity contribution in [2.45, 2.75) is 13.5 Å². The highest BCUT2D eigenvalue weighted by atomic mass is 19.1. The monoisotopic (exact) mass is 280 g/mol. The molecule has 2 aromatic carbocycles. The van der Waals surface area contributed by atoms with Gasteiger partial charge in [-0.1, -0.05) is 31.2 Å². The summed E-state index contributed by atoms with van der Waals surface area (Å²) in [7, 11) is 0. The minimum Gasteiger partial charge on any atom is -0.313 e. The summed E-state index contributed by atoms with van der Waals surface area (Å²) in [6, 6.07) is 15.1. The highest BCUT2D eigenvalue weighted by Crippen LogP contribution is 2.27. The van der Waals surface area contributed by atoms with Crippen molar-refractivity contribution in [1.82, 2.24) is 10.3 Å². The summed E-state index contributed by atoms with van der Waals surface area (Å²) in [6.07, 6.45) is 1.79. The van der Waals surface area contributed by atoms with Crippen molar-refractivity contribution in [1.29, 1.82) is 0 Å². The molecule has 3 rings (SSSR count). The molecule has 1 N–H and O–H groups in total. The number of nitrogens with zero attached hydrogens (tertiary/aromatic N) is 1. The molecule has 0 bridgehead atoms. The van der Waals surface area contributed by atoms with E-state index in [0.29, 0.717) is 6.54 Å². The molecule has 1 heterocycles. The first-order valence-corrected chi connectivity index (χ1v) is 7.12. The van der Waals surface area contributed by atoms with Crippen molar-refractivity contribution in [2.24, 2.45) is 0 Å². The van der Waals surface area contributed by atoms with Gasteiger partial charge in [-0.3, -0.25) is 4.98 Å². The summed E-state index contributed by atoms with van der Waals surface area (Å²) < 4.78 is 13.5. The second-order valence-electron chi connectivity index (χ2n) is 4.99. The van der Waals surface area contributed by atoms with Crippen molar-refractivity contribution in [2.75, 3.05) is 6.54 Å². The van der Waals surface area contributed by atoms with Gasteiger partial charge in [-0.25, -0.2) is 4.39 Å². The molecule has 0 saturated heterocycles. The highest BCUT2D eigenvalue weighted by molar-refractivity contribution is 5.84. The second kappa shape index (κ2) is 6.02. The van der Waals surface area contributed by atoms with Gasteiger partial charge in [-0.2, -0.15) is 0 Å². The van der Waals surface area contributed by atoms with Crippen LogP contribution in [-0.4, -0.2) is 11.5 Å². The molecular weight excluding hydrogens is 263 g/mol. The molecular formula is C18H17FN2. The van der Waals surface area contributed by atoms with Gasteiger partial charge in [0.1, 0.15) is 5.82 Å². The fourth-order valence-corrected chi connectivity index (χ4v) is 2.48. The maximum absolute atomic E-state index is 13.5. The number of halogens is 1. The normalized spacial score (nSPS) is 11.0. The predicted molar refractivity (Wildman–Crippen MR) is 84.5 cm³/mol. The van der Waals surface area contributed by atoms with Gasteiger partial charge in [0.05, 0.1) is 5.52 Å². The average molecular weight is 280 g/mol. The van der Waals surface area contributed by atoms with Crippen LogP contribution in [0.3, 0.4) is 0 Å². The molecule has 106 valence electrons. The second-order valence-corrected chi connectivity index (χ2v) is 4.99. The van der Waals surface area contributed by atoms with E-state index in [9.17, 15) is 4.39 Å². The fourth-order valence-electron chi connectivity index (χ4n) is 2.48. The van der Waals surface area contributed by atoms with Crippen LogP contribution >= 0.6 is 0 Å². The van der Waals surface area contributed by atoms with Crippen LogP contribution in [-0.2, 0) is 6.54 Å². The van der Waals surface area contributed by atoms with Gasteiger partial charge in [0, 0.05) is 18.1 Å². The smallest absolute Gasteiger partial charge is 0.123 e. The van der Waals surface area contributed by atoms with Gasteiger partial charge in [-0.05, 0) is 47.5 Å². The number of benzene rings is 2. The van der Waals surface area contributed by atoms with E-state index in [1.807, 2.05) is 25.1 Å². The lowest BCUT2D eigenvalue weighted by Gasteiger charge is -2.11. The third-order valence-electron chi connectivity index (χ3n) is 3.55. The SMILES string of the molecule is CCNCc1cc(F)ccc1-c1ccc2cccnc2c1. The zero-order valence-electron chi connectivity index (χ0n) is 11.9. The van der Waals surface area contributed by atoms with Crippen molar-refractivity contribution < 1.29 is 4.39 Å². The zero-order chi connectivity index (χ0) is 14.7. The van der Waals surface area contributed by atoms with Crippen molar-refractivity contribution >= 4 is 10.9 Å². The summed E-state index contributed by atoms with van der Waals surface area (Å²) in [5.74, 6) is -0.203. The van der Waals surface area contributed by atoms with Crippen LogP contribution in [0, 0.1) is 5.82 Å². The summed E-state index contributed by atoms with van der Waals surface area (Å²) >= 11 is 0. The van der Waals surface area contributed by atoms with Gasteiger partial charge in [-0.15, -0.1) is 0 Å². The lowest BCUT2D eigenvalue weighted by Crippen LogP contribution is -2.12. The minimum atomic E-state index is -0.203. The lowest BCUT2D eigenvalue weighted by atomic mass is 9.98. The van der Waals surface area contributed by atoms with E-state index in [0.717, 1.165) is 34.1 Å². The first-order chi connectivity index (χ1) is 10.3. The number of rotatable bonds is 4. The molecule has 0 radical (unpaired) electrons. The maximum atomic E-state index is 13.5. The van der Waals surface area contributed by atoms with Gasteiger partial charge in [0.2, 0.25) is 0 Å².